The second-order valence-electron chi connectivity index (χ2n) is 6.97. The fourth-order valence-corrected chi connectivity index (χ4v) is 3.12. The zero-order valence-electron chi connectivity index (χ0n) is 15.1. The first-order valence-electron chi connectivity index (χ1n) is 8.00. The van der Waals surface area contributed by atoms with E-state index in [1.807, 2.05) is 38.1 Å². The van der Waals surface area contributed by atoms with E-state index < -0.39 is 5.41 Å². The lowest BCUT2D eigenvalue weighted by atomic mass is 9.96. The Labute approximate surface area is 166 Å². The summed E-state index contributed by atoms with van der Waals surface area (Å²) >= 11 is 1.36. The van der Waals surface area contributed by atoms with Gasteiger partial charge in [-0.1, -0.05) is 20.8 Å². The Kier molecular flexibility index (Phi) is 9.94. The van der Waals surface area contributed by atoms with E-state index in [2.05, 4.69) is 15.6 Å². The molecule has 0 saturated carbocycles. The van der Waals surface area contributed by atoms with E-state index in [1.54, 1.807) is 0 Å². The van der Waals surface area contributed by atoms with Crippen molar-refractivity contribution in [3.63, 3.8) is 0 Å². The Balaban J connectivity index is 0.00000288. The molecule has 0 atom stereocenters. The molecule has 2 amide bonds. The standard InChI is InChI=1S/C16H26N4O2S.2ClH/c1-16(2,3)14(22)19-15-18-12(10-23-15)9-13(21)20-7-5-11(17-4)6-8-20;;/h10-11,17H,5-9H2,1-4H3,(H,18,19,22);2*1H. The van der Waals surface area contributed by atoms with Gasteiger partial charge in [-0.05, 0) is 19.9 Å². The van der Waals surface area contributed by atoms with Gasteiger partial charge in [0.2, 0.25) is 11.8 Å². The van der Waals surface area contributed by atoms with E-state index in [-0.39, 0.29) is 36.6 Å². The second-order valence-corrected chi connectivity index (χ2v) is 7.83. The number of likely N-dealkylation sites (tertiary alicyclic amines) is 1. The van der Waals surface area contributed by atoms with E-state index in [1.165, 1.54) is 11.3 Å². The number of carbonyl (C=O) groups excluding carboxylic acids is 2. The van der Waals surface area contributed by atoms with Crippen LogP contribution < -0.4 is 10.6 Å². The third-order valence-corrected chi connectivity index (χ3v) is 4.85. The van der Waals surface area contributed by atoms with Gasteiger partial charge in [-0.15, -0.1) is 36.2 Å². The summed E-state index contributed by atoms with van der Waals surface area (Å²) in [5, 5.41) is 8.46. The number of halogens is 2. The van der Waals surface area contributed by atoms with Crippen molar-refractivity contribution in [2.75, 3.05) is 25.5 Å². The maximum absolute atomic E-state index is 12.3. The molecular weight excluding hydrogens is 383 g/mol. The number of anilines is 1. The Hall–Kier alpha value is -0.890. The highest BCUT2D eigenvalue weighted by molar-refractivity contribution is 7.13. The normalized spacial score (nSPS) is 15.1. The minimum atomic E-state index is -0.459. The van der Waals surface area contributed by atoms with Crippen molar-refractivity contribution in [1.82, 2.24) is 15.2 Å². The maximum atomic E-state index is 12.3. The summed E-state index contributed by atoms with van der Waals surface area (Å²) in [6.07, 6.45) is 2.28. The molecule has 1 aromatic rings. The molecule has 0 bridgehead atoms. The Bertz CT molecular complexity index is 567. The number of aromatic nitrogens is 1. The number of amides is 2. The van der Waals surface area contributed by atoms with Crippen LogP contribution in [0.3, 0.4) is 0 Å². The first-order valence-corrected chi connectivity index (χ1v) is 8.88. The number of hydrogen-bond donors (Lipinski definition) is 2. The quantitative estimate of drug-likeness (QED) is 0.799. The van der Waals surface area contributed by atoms with E-state index in [4.69, 9.17) is 0 Å². The molecular formula is C16H28Cl2N4O2S. The number of hydrogen-bond acceptors (Lipinski definition) is 5. The minimum absolute atomic E-state index is 0. The lowest BCUT2D eigenvalue weighted by Gasteiger charge is -2.31. The molecule has 2 N–H and O–H groups in total. The van der Waals surface area contributed by atoms with Crippen LogP contribution in [0, 0.1) is 5.41 Å². The number of rotatable bonds is 4. The number of carbonyl (C=O) groups is 2. The van der Waals surface area contributed by atoms with Gasteiger partial charge in [-0.25, -0.2) is 4.98 Å². The van der Waals surface area contributed by atoms with Crippen LogP contribution >= 0.6 is 36.2 Å². The van der Waals surface area contributed by atoms with Gasteiger partial charge in [0.1, 0.15) is 0 Å². The molecule has 0 aromatic carbocycles. The molecule has 1 aromatic heterocycles. The van der Waals surface area contributed by atoms with Crippen LogP contribution in [0.4, 0.5) is 5.13 Å². The topological polar surface area (TPSA) is 74.3 Å². The average Bonchev–Trinajstić information content (AvgIpc) is 2.93. The van der Waals surface area contributed by atoms with Gasteiger partial charge in [-0.2, -0.15) is 0 Å². The third-order valence-electron chi connectivity index (χ3n) is 4.04. The maximum Gasteiger partial charge on any atom is 0.231 e. The number of piperidine rings is 1. The number of thiazole rings is 1. The molecule has 1 saturated heterocycles. The zero-order valence-corrected chi connectivity index (χ0v) is 17.6. The molecule has 1 fully saturated rings. The van der Waals surface area contributed by atoms with Gasteiger partial charge in [0.25, 0.3) is 0 Å². The second kappa shape index (κ2) is 10.3. The van der Waals surface area contributed by atoms with Gasteiger partial charge >= 0.3 is 0 Å². The van der Waals surface area contributed by atoms with Crippen LogP contribution in [-0.2, 0) is 16.0 Å². The average molecular weight is 411 g/mol. The molecule has 2 rings (SSSR count). The van der Waals surface area contributed by atoms with E-state index >= 15 is 0 Å². The fraction of sp³-hybridized carbons (Fsp3) is 0.688. The van der Waals surface area contributed by atoms with E-state index in [0.29, 0.717) is 17.6 Å². The molecule has 6 nitrogen and oxygen atoms in total. The van der Waals surface area contributed by atoms with E-state index in [9.17, 15) is 9.59 Å². The molecule has 1 aliphatic rings. The van der Waals surface area contributed by atoms with Crippen molar-refractivity contribution in [2.45, 2.75) is 46.1 Å². The fourth-order valence-electron chi connectivity index (χ4n) is 2.41. The smallest absolute Gasteiger partial charge is 0.231 e. The first kappa shape index (κ1) is 24.1. The van der Waals surface area contributed by atoms with Crippen molar-refractivity contribution >= 4 is 53.1 Å². The number of nitrogens with zero attached hydrogens (tertiary/aromatic N) is 2. The summed E-state index contributed by atoms with van der Waals surface area (Å²) in [7, 11) is 1.96. The molecule has 25 heavy (non-hydrogen) atoms. The summed E-state index contributed by atoms with van der Waals surface area (Å²) in [5.74, 6) is 0.0393. The highest BCUT2D eigenvalue weighted by atomic mass is 35.5. The molecule has 1 aliphatic heterocycles. The molecule has 0 unspecified atom stereocenters. The van der Waals surface area contributed by atoms with Crippen molar-refractivity contribution in [3.8, 4) is 0 Å². The third kappa shape index (κ3) is 7.09. The van der Waals surface area contributed by atoms with Gasteiger partial charge < -0.3 is 15.5 Å². The Morgan fingerprint density at radius 3 is 2.40 bits per heavy atom. The monoisotopic (exact) mass is 410 g/mol. The zero-order chi connectivity index (χ0) is 17.0. The summed E-state index contributed by atoms with van der Waals surface area (Å²) in [5.41, 5.74) is 0.263. The Morgan fingerprint density at radius 2 is 1.88 bits per heavy atom. The van der Waals surface area contributed by atoms with Crippen LogP contribution in [-0.4, -0.2) is 47.9 Å². The number of nitrogens with one attached hydrogen (secondary N) is 2. The van der Waals surface area contributed by atoms with Crippen molar-refractivity contribution < 1.29 is 9.59 Å². The van der Waals surface area contributed by atoms with Crippen molar-refractivity contribution in [1.29, 1.82) is 0 Å². The van der Waals surface area contributed by atoms with Crippen LogP contribution in [0.2, 0.25) is 0 Å². The lowest BCUT2D eigenvalue weighted by molar-refractivity contribution is -0.131. The van der Waals surface area contributed by atoms with Crippen LogP contribution in [0.15, 0.2) is 5.38 Å². The SMILES string of the molecule is CNC1CCN(C(=O)Cc2csc(NC(=O)C(C)(C)C)n2)CC1.Cl.Cl. The molecule has 0 spiro atoms. The molecule has 144 valence electrons. The molecule has 0 aliphatic carbocycles. The van der Waals surface area contributed by atoms with Crippen LogP contribution in [0.25, 0.3) is 0 Å². The predicted octanol–water partition coefficient (Wildman–Crippen LogP) is 2.72. The largest absolute Gasteiger partial charge is 0.342 e. The predicted molar refractivity (Wildman–Crippen MR) is 107 cm³/mol. The van der Waals surface area contributed by atoms with Gasteiger partial charge in [0.15, 0.2) is 5.13 Å². The molecule has 2 heterocycles. The summed E-state index contributed by atoms with van der Waals surface area (Å²) in [4.78, 5) is 30.5. The highest BCUT2D eigenvalue weighted by Gasteiger charge is 2.24. The van der Waals surface area contributed by atoms with Crippen molar-refractivity contribution in [2.24, 2.45) is 5.41 Å². The van der Waals surface area contributed by atoms with Gasteiger partial charge in [0.05, 0.1) is 12.1 Å². The molecule has 9 heteroatoms. The highest BCUT2D eigenvalue weighted by Crippen LogP contribution is 2.21. The van der Waals surface area contributed by atoms with Crippen LogP contribution in [0.1, 0.15) is 39.3 Å². The van der Waals surface area contributed by atoms with Gasteiger partial charge in [0, 0.05) is 29.9 Å². The molecule has 0 radical (unpaired) electrons. The van der Waals surface area contributed by atoms with Crippen molar-refractivity contribution in [3.05, 3.63) is 11.1 Å². The Morgan fingerprint density at radius 1 is 1.28 bits per heavy atom. The van der Waals surface area contributed by atoms with Gasteiger partial charge in [-0.3, -0.25) is 9.59 Å². The summed E-state index contributed by atoms with van der Waals surface area (Å²) in [6, 6.07) is 0.512. The minimum Gasteiger partial charge on any atom is -0.342 e. The lowest BCUT2D eigenvalue weighted by Crippen LogP contribution is -2.44. The van der Waals surface area contributed by atoms with E-state index in [0.717, 1.165) is 31.6 Å². The van der Waals surface area contributed by atoms with Crippen LogP contribution in [0.5, 0.6) is 0 Å². The summed E-state index contributed by atoms with van der Waals surface area (Å²) in [6.45, 7) is 7.16. The first-order chi connectivity index (χ1) is 10.8. The summed E-state index contributed by atoms with van der Waals surface area (Å²) < 4.78 is 0.